The van der Waals surface area contributed by atoms with Gasteiger partial charge in [0.15, 0.2) is 6.61 Å². The smallest absolute Gasteiger partial charge is 0.306 e. The maximum atomic E-state index is 11.7. The molecule has 0 atom stereocenters. The van der Waals surface area contributed by atoms with Gasteiger partial charge >= 0.3 is 5.97 Å². The minimum Gasteiger partial charge on any atom is -0.496 e. The van der Waals surface area contributed by atoms with Crippen molar-refractivity contribution in [2.45, 2.75) is 19.3 Å². The molecule has 5 nitrogen and oxygen atoms in total. The average Bonchev–Trinajstić information content (AvgIpc) is 2.66. The molecule has 0 heterocycles. The standard InChI is InChI=1S/C20H23NO4/c1-24-18-10-6-5-9-17(18)13-14-21-19(22)15-25-20(23)12-11-16-7-3-2-4-8-16/h2-10H,11-15H2,1H3,(H,21,22). The van der Waals surface area contributed by atoms with Gasteiger partial charge in [-0.25, -0.2) is 0 Å². The van der Waals surface area contributed by atoms with Gasteiger partial charge in [0.05, 0.1) is 7.11 Å². The zero-order valence-corrected chi connectivity index (χ0v) is 14.4. The molecule has 0 saturated carbocycles. The molecular weight excluding hydrogens is 318 g/mol. The van der Waals surface area contributed by atoms with E-state index in [-0.39, 0.29) is 24.9 Å². The molecule has 2 aromatic rings. The first-order valence-corrected chi connectivity index (χ1v) is 8.27. The van der Waals surface area contributed by atoms with Crippen LogP contribution in [0.1, 0.15) is 17.5 Å². The normalized spacial score (nSPS) is 10.1. The summed E-state index contributed by atoms with van der Waals surface area (Å²) in [6.07, 6.45) is 1.52. The Morgan fingerprint density at radius 1 is 0.960 bits per heavy atom. The molecule has 0 aliphatic heterocycles. The van der Waals surface area contributed by atoms with Gasteiger partial charge in [0.2, 0.25) is 0 Å². The van der Waals surface area contributed by atoms with E-state index in [1.807, 2.05) is 54.6 Å². The Bertz CT molecular complexity index is 685. The molecule has 0 bridgehead atoms. The van der Waals surface area contributed by atoms with Crippen molar-refractivity contribution in [3.63, 3.8) is 0 Å². The van der Waals surface area contributed by atoms with E-state index >= 15 is 0 Å². The summed E-state index contributed by atoms with van der Waals surface area (Å²) >= 11 is 0. The molecule has 0 radical (unpaired) electrons. The van der Waals surface area contributed by atoms with Crippen molar-refractivity contribution in [1.82, 2.24) is 5.32 Å². The Morgan fingerprint density at radius 3 is 2.44 bits per heavy atom. The van der Waals surface area contributed by atoms with Gasteiger partial charge in [-0.2, -0.15) is 0 Å². The van der Waals surface area contributed by atoms with Gasteiger partial charge in [0.1, 0.15) is 5.75 Å². The van der Waals surface area contributed by atoms with Gasteiger partial charge in [0, 0.05) is 13.0 Å². The Morgan fingerprint density at radius 2 is 1.68 bits per heavy atom. The fourth-order valence-corrected chi connectivity index (χ4v) is 2.41. The monoisotopic (exact) mass is 341 g/mol. The lowest BCUT2D eigenvalue weighted by atomic mass is 10.1. The maximum absolute atomic E-state index is 11.7. The van der Waals surface area contributed by atoms with Crippen molar-refractivity contribution in [1.29, 1.82) is 0 Å². The number of ether oxygens (including phenoxy) is 2. The van der Waals surface area contributed by atoms with E-state index in [0.29, 0.717) is 19.4 Å². The number of aryl methyl sites for hydroxylation is 1. The van der Waals surface area contributed by atoms with Crippen LogP contribution >= 0.6 is 0 Å². The maximum Gasteiger partial charge on any atom is 0.306 e. The molecule has 5 heteroatoms. The van der Waals surface area contributed by atoms with Gasteiger partial charge in [-0.05, 0) is 30.0 Å². The van der Waals surface area contributed by atoms with Crippen LogP contribution in [0, 0.1) is 0 Å². The number of rotatable bonds is 9. The third-order valence-corrected chi connectivity index (χ3v) is 3.73. The van der Waals surface area contributed by atoms with Gasteiger partial charge in [-0.1, -0.05) is 48.5 Å². The Hall–Kier alpha value is -2.82. The summed E-state index contributed by atoms with van der Waals surface area (Å²) in [7, 11) is 1.62. The topological polar surface area (TPSA) is 64.6 Å². The highest BCUT2D eigenvalue weighted by atomic mass is 16.5. The van der Waals surface area contributed by atoms with Gasteiger partial charge in [-0.15, -0.1) is 0 Å². The number of esters is 1. The fraction of sp³-hybridized carbons (Fsp3) is 0.300. The number of hydrogen-bond acceptors (Lipinski definition) is 4. The highest BCUT2D eigenvalue weighted by molar-refractivity contribution is 5.80. The fourth-order valence-electron chi connectivity index (χ4n) is 2.41. The molecular formula is C20H23NO4. The molecule has 2 rings (SSSR count). The lowest BCUT2D eigenvalue weighted by molar-refractivity contribution is -0.148. The summed E-state index contributed by atoms with van der Waals surface area (Å²) in [6.45, 7) is 0.209. The lowest BCUT2D eigenvalue weighted by Crippen LogP contribution is -2.30. The van der Waals surface area contributed by atoms with E-state index in [1.54, 1.807) is 7.11 Å². The van der Waals surface area contributed by atoms with Crippen LogP contribution in [-0.2, 0) is 27.2 Å². The molecule has 25 heavy (non-hydrogen) atoms. The van der Waals surface area contributed by atoms with E-state index < -0.39 is 0 Å². The first kappa shape index (κ1) is 18.5. The minimum atomic E-state index is -0.372. The van der Waals surface area contributed by atoms with Crippen LogP contribution in [0.25, 0.3) is 0 Å². The lowest BCUT2D eigenvalue weighted by Gasteiger charge is -2.09. The van der Waals surface area contributed by atoms with Crippen LogP contribution in [0.5, 0.6) is 5.75 Å². The van der Waals surface area contributed by atoms with Crippen LogP contribution < -0.4 is 10.1 Å². The van der Waals surface area contributed by atoms with E-state index in [4.69, 9.17) is 9.47 Å². The number of benzene rings is 2. The number of nitrogens with one attached hydrogen (secondary N) is 1. The van der Waals surface area contributed by atoms with Crippen LogP contribution in [0.4, 0.5) is 0 Å². The molecule has 2 aromatic carbocycles. The second-order valence-corrected chi connectivity index (χ2v) is 5.56. The largest absolute Gasteiger partial charge is 0.496 e. The molecule has 0 aliphatic carbocycles. The summed E-state index contributed by atoms with van der Waals surface area (Å²) in [5, 5.41) is 2.74. The van der Waals surface area contributed by atoms with Crippen molar-refractivity contribution in [3.05, 3.63) is 65.7 Å². The predicted octanol–water partition coefficient (Wildman–Crippen LogP) is 2.53. The second-order valence-electron chi connectivity index (χ2n) is 5.56. The summed E-state index contributed by atoms with van der Waals surface area (Å²) < 4.78 is 10.3. The molecule has 1 N–H and O–H groups in total. The molecule has 0 unspecified atom stereocenters. The third kappa shape index (κ3) is 6.67. The van der Waals surface area contributed by atoms with Crippen LogP contribution in [0.15, 0.2) is 54.6 Å². The van der Waals surface area contributed by atoms with Crippen molar-refractivity contribution in [2.75, 3.05) is 20.3 Å². The zero-order chi connectivity index (χ0) is 17.9. The summed E-state index contributed by atoms with van der Waals surface area (Å²) in [4.78, 5) is 23.4. The SMILES string of the molecule is COc1ccccc1CCNC(=O)COC(=O)CCc1ccccc1. The van der Waals surface area contributed by atoms with Crippen LogP contribution in [0.3, 0.4) is 0 Å². The summed E-state index contributed by atoms with van der Waals surface area (Å²) in [6, 6.07) is 17.4. The number of methoxy groups -OCH3 is 1. The van der Waals surface area contributed by atoms with Crippen LogP contribution in [-0.4, -0.2) is 32.1 Å². The number of carbonyl (C=O) groups is 2. The number of amides is 1. The summed E-state index contributed by atoms with van der Waals surface area (Å²) in [5.74, 6) is 0.121. The zero-order valence-electron chi connectivity index (χ0n) is 14.4. The first-order valence-electron chi connectivity index (χ1n) is 8.27. The molecule has 0 spiro atoms. The minimum absolute atomic E-state index is 0.250. The summed E-state index contributed by atoms with van der Waals surface area (Å²) in [5.41, 5.74) is 2.09. The number of carbonyl (C=O) groups excluding carboxylic acids is 2. The molecule has 1 amide bonds. The Balaban J connectivity index is 1.62. The van der Waals surface area contributed by atoms with Crippen molar-refractivity contribution in [2.24, 2.45) is 0 Å². The molecule has 0 aromatic heterocycles. The Labute approximate surface area is 148 Å². The van der Waals surface area contributed by atoms with E-state index in [2.05, 4.69) is 5.32 Å². The highest BCUT2D eigenvalue weighted by Crippen LogP contribution is 2.17. The van der Waals surface area contributed by atoms with E-state index in [9.17, 15) is 9.59 Å². The molecule has 0 fully saturated rings. The van der Waals surface area contributed by atoms with E-state index in [0.717, 1.165) is 16.9 Å². The van der Waals surface area contributed by atoms with E-state index in [1.165, 1.54) is 0 Å². The highest BCUT2D eigenvalue weighted by Gasteiger charge is 2.08. The predicted molar refractivity (Wildman–Crippen MR) is 95.4 cm³/mol. The van der Waals surface area contributed by atoms with Gasteiger partial charge in [0.25, 0.3) is 5.91 Å². The number of para-hydroxylation sites is 1. The molecule has 0 aliphatic rings. The molecule has 0 saturated heterocycles. The van der Waals surface area contributed by atoms with Gasteiger partial charge < -0.3 is 14.8 Å². The van der Waals surface area contributed by atoms with Gasteiger partial charge in [-0.3, -0.25) is 9.59 Å². The van der Waals surface area contributed by atoms with Crippen molar-refractivity contribution in [3.8, 4) is 5.75 Å². The second kappa shape index (κ2) is 10.1. The first-order chi connectivity index (χ1) is 12.2. The van der Waals surface area contributed by atoms with Crippen molar-refractivity contribution < 1.29 is 19.1 Å². The third-order valence-electron chi connectivity index (χ3n) is 3.73. The average molecular weight is 341 g/mol. The molecule has 132 valence electrons. The van der Waals surface area contributed by atoms with Crippen molar-refractivity contribution >= 4 is 11.9 Å². The quantitative estimate of drug-likeness (QED) is 0.712. The number of hydrogen-bond donors (Lipinski definition) is 1. The van der Waals surface area contributed by atoms with Crippen LogP contribution in [0.2, 0.25) is 0 Å². The Kier molecular flexibility index (Phi) is 7.50.